The van der Waals surface area contributed by atoms with Gasteiger partial charge >= 0.3 is 6.03 Å². The summed E-state index contributed by atoms with van der Waals surface area (Å²) in [4.78, 5) is 40.6. The molecule has 2 aliphatic rings. The number of carbonyl (C=O) groups is 3. The first-order chi connectivity index (χ1) is 17.4. The van der Waals surface area contributed by atoms with Gasteiger partial charge in [-0.2, -0.15) is 0 Å². The van der Waals surface area contributed by atoms with E-state index in [1.54, 1.807) is 18.2 Å². The highest BCUT2D eigenvalue weighted by molar-refractivity contribution is 6.11. The Morgan fingerprint density at radius 3 is 2.44 bits per heavy atom. The number of para-hydroxylation sites is 2. The summed E-state index contributed by atoms with van der Waals surface area (Å²) in [6.45, 7) is 4.00. The minimum atomic E-state index is -1.42. The molecule has 0 saturated carbocycles. The maximum absolute atomic E-state index is 13.8. The number of benzene rings is 3. The molecular weight excluding hydrogens is 458 g/mol. The molecule has 0 aromatic heterocycles. The number of urea groups is 1. The Hall–Kier alpha value is -4.33. The van der Waals surface area contributed by atoms with Crippen LogP contribution < -0.4 is 20.1 Å². The molecule has 2 N–H and O–H groups in total. The molecule has 0 unspecified atom stereocenters. The summed E-state index contributed by atoms with van der Waals surface area (Å²) in [6.07, 6.45) is -0.383. The minimum absolute atomic E-state index is 0.178. The molecule has 2 aliphatic heterocycles. The highest BCUT2D eigenvalue weighted by Crippen LogP contribution is 2.37. The van der Waals surface area contributed by atoms with Crippen LogP contribution >= 0.6 is 0 Å². The monoisotopic (exact) mass is 485 g/mol. The first-order valence-corrected chi connectivity index (χ1v) is 11.8. The van der Waals surface area contributed by atoms with Gasteiger partial charge in [-0.1, -0.05) is 60.7 Å². The van der Waals surface area contributed by atoms with Crippen LogP contribution in [-0.2, 0) is 15.1 Å². The van der Waals surface area contributed by atoms with Crippen LogP contribution in [0.4, 0.5) is 4.79 Å². The normalized spacial score (nSPS) is 20.7. The summed E-state index contributed by atoms with van der Waals surface area (Å²) in [6, 6.07) is 21.4. The molecule has 3 aromatic carbocycles. The summed E-state index contributed by atoms with van der Waals surface area (Å²) in [5.74, 6) is 0.300. The molecule has 8 nitrogen and oxygen atoms in total. The second kappa shape index (κ2) is 9.37. The van der Waals surface area contributed by atoms with Crippen molar-refractivity contribution in [2.75, 3.05) is 19.7 Å². The van der Waals surface area contributed by atoms with Crippen LogP contribution in [0.3, 0.4) is 0 Å². The molecule has 0 radical (unpaired) electrons. The summed E-state index contributed by atoms with van der Waals surface area (Å²) < 4.78 is 11.5. The number of rotatable bonds is 6. The predicted octanol–water partition coefficient (Wildman–Crippen LogP) is 3.06. The van der Waals surface area contributed by atoms with Gasteiger partial charge < -0.3 is 20.1 Å². The number of ether oxygens (including phenoxy) is 2. The van der Waals surface area contributed by atoms with Crippen molar-refractivity contribution in [1.82, 2.24) is 15.5 Å². The van der Waals surface area contributed by atoms with Crippen molar-refractivity contribution in [3.05, 3.63) is 95.1 Å². The fourth-order valence-electron chi connectivity index (χ4n) is 4.53. The van der Waals surface area contributed by atoms with Crippen LogP contribution in [0.25, 0.3) is 0 Å². The topological polar surface area (TPSA) is 97.0 Å². The van der Waals surface area contributed by atoms with Crippen molar-refractivity contribution in [1.29, 1.82) is 0 Å². The molecule has 184 valence electrons. The molecule has 0 aliphatic carbocycles. The van der Waals surface area contributed by atoms with Gasteiger partial charge in [0.25, 0.3) is 5.91 Å². The van der Waals surface area contributed by atoms with E-state index in [0.717, 1.165) is 16.0 Å². The van der Waals surface area contributed by atoms with Gasteiger partial charge in [0.1, 0.15) is 19.3 Å². The average Bonchev–Trinajstić information content (AvgIpc) is 3.15. The summed E-state index contributed by atoms with van der Waals surface area (Å²) >= 11 is 0. The highest BCUT2D eigenvalue weighted by atomic mass is 16.6. The Morgan fingerprint density at radius 1 is 0.972 bits per heavy atom. The largest absolute Gasteiger partial charge is 0.486 e. The molecule has 1 fully saturated rings. The van der Waals surface area contributed by atoms with Crippen LogP contribution in [0.2, 0.25) is 0 Å². The number of carbonyl (C=O) groups excluding carboxylic acids is 3. The Kier molecular flexibility index (Phi) is 6.10. The van der Waals surface area contributed by atoms with E-state index in [0.29, 0.717) is 22.6 Å². The summed E-state index contributed by atoms with van der Waals surface area (Å²) in [5, 5.41) is 5.64. The van der Waals surface area contributed by atoms with Crippen molar-refractivity contribution >= 4 is 17.8 Å². The van der Waals surface area contributed by atoms with Crippen LogP contribution in [0.1, 0.15) is 22.3 Å². The van der Waals surface area contributed by atoms with Gasteiger partial charge in [0, 0.05) is 0 Å². The molecule has 8 heteroatoms. The Balaban J connectivity index is 1.33. The molecule has 2 atom stereocenters. The molecule has 1 saturated heterocycles. The van der Waals surface area contributed by atoms with Gasteiger partial charge in [0.2, 0.25) is 5.91 Å². The van der Waals surface area contributed by atoms with E-state index in [2.05, 4.69) is 10.6 Å². The molecule has 0 bridgehead atoms. The molecule has 2 heterocycles. The first kappa shape index (κ1) is 23.4. The van der Waals surface area contributed by atoms with Gasteiger partial charge in [-0.3, -0.25) is 14.5 Å². The van der Waals surface area contributed by atoms with Gasteiger partial charge in [-0.15, -0.1) is 0 Å². The van der Waals surface area contributed by atoms with E-state index in [4.69, 9.17) is 9.47 Å². The molecular formula is C28H27N3O5. The number of nitrogens with zero attached hydrogens (tertiary/aromatic N) is 1. The van der Waals surface area contributed by atoms with Crippen LogP contribution in [0.5, 0.6) is 11.5 Å². The minimum Gasteiger partial charge on any atom is -0.486 e. The number of imide groups is 1. The number of fused-ring (bicyclic) bond motifs is 1. The molecule has 5 rings (SSSR count). The second-order valence-electron chi connectivity index (χ2n) is 9.04. The zero-order valence-corrected chi connectivity index (χ0v) is 20.1. The van der Waals surface area contributed by atoms with Gasteiger partial charge in [0.05, 0.1) is 6.54 Å². The molecule has 0 spiro atoms. The van der Waals surface area contributed by atoms with Crippen molar-refractivity contribution in [2.24, 2.45) is 0 Å². The SMILES string of the molecule is Cc1ccc([C@@]2(c3ccccc3)NC(=O)N(CC(=O)NC[C@H]3COc4ccccc4O3)C2=O)cc1C. The van der Waals surface area contributed by atoms with Gasteiger partial charge in [-0.25, -0.2) is 4.79 Å². The Bertz CT molecular complexity index is 1330. The fourth-order valence-corrected chi connectivity index (χ4v) is 4.53. The zero-order valence-electron chi connectivity index (χ0n) is 20.1. The Labute approximate surface area is 209 Å². The maximum Gasteiger partial charge on any atom is 0.326 e. The first-order valence-electron chi connectivity index (χ1n) is 11.8. The van der Waals surface area contributed by atoms with E-state index in [1.807, 2.05) is 68.4 Å². The molecule has 36 heavy (non-hydrogen) atoms. The van der Waals surface area contributed by atoms with Crippen molar-refractivity contribution in [3.63, 3.8) is 0 Å². The third-order valence-corrected chi connectivity index (χ3v) is 6.65. The third kappa shape index (κ3) is 4.15. The van der Waals surface area contributed by atoms with Crippen LogP contribution in [-0.4, -0.2) is 48.5 Å². The lowest BCUT2D eigenvalue weighted by Crippen LogP contribution is -2.47. The van der Waals surface area contributed by atoms with Gasteiger partial charge in [0.15, 0.2) is 17.0 Å². The number of hydrogen-bond acceptors (Lipinski definition) is 5. The highest BCUT2D eigenvalue weighted by Gasteiger charge is 2.54. The number of hydrogen-bond donors (Lipinski definition) is 2. The summed E-state index contributed by atoms with van der Waals surface area (Å²) in [7, 11) is 0. The van der Waals surface area contributed by atoms with E-state index >= 15 is 0 Å². The Morgan fingerprint density at radius 2 is 1.69 bits per heavy atom. The number of nitrogens with one attached hydrogen (secondary N) is 2. The van der Waals surface area contributed by atoms with Crippen molar-refractivity contribution in [2.45, 2.75) is 25.5 Å². The lowest BCUT2D eigenvalue weighted by Gasteiger charge is -2.28. The maximum atomic E-state index is 13.8. The lowest BCUT2D eigenvalue weighted by molar-refractivity contribution is -0.134. The van der Waals surface area contributed by atoms with Crippen LogP contribution in [0.15, 0.2) is 72.8 Å². The predicted molar refractivity (Wildman–Crippen MR) is 133 cm³/mol. The van der Waals surface area contributed by atoms with Crippen molar-refractivity contribution < 1.29 is 23.9 Å². The van der Waals surface area contributed by atoms with E-state index in [1.165, 1.54) is 0 Å². The van der Waals surface area contributed by atoms with Crippen LogP contribution in [0, 0.1) is 13.8 Å². The molecule has 3 aromatic rings. The quantitative estimate of drug-likeness (QED) is 0.523. The standard InChI is InChI=1S/C28H27N3O5/c1-18-12-13-21(14-19(18)2)28(20-8-4-3-5-9-20)26(33)31(27(34)30-28)16-25(32)29-15-22-17-35-23-10-6-7-11-24(23)36-22/h3-14,22H,15-17H2,1-2H3,(H,29,32)(H,30,34)/t22-,28+/m0/s1. The third-order valence-electron chi connectivity index (χ3n) is 6.65. The smallest absolute Gasteiger partial charge is 0.326 e. The molecule has 4 amide bonds. The van der Waals surface area contributed by atoms with Gasteiger partial charge in [-0.05, 0) is 48.2 Å². The number of aryl methyl sites for hydroxylation is 2. The van der Waals surface area contributed by atoms with E-state index in [-0.39, 0.29) is 19.3 Å². The van der Waals surface area contributed by atoms with E-state index < -0.39 is 29.9 Å². The second-order valence-corrected chi connectivity index (χ2v) is 9.04. The number of amides is 4. The van der Waals surface area contributed by atoms with Crippen molar-refractivity contribution in [3.8, 4) is 11.5 Å². The zero-order chi connectivity index (χ0) is 25.3. The lowest BCUT2D eigenvalue weighted by atomic mass is 9.81. The van der Waals surface area contributed by atoms with E-state index in [9.17, 15) is 14.4 Å². The summed E-state index contributed by atoms with van der Waals surface area (Å²) in [5.41, 5.74) is 1.93. The fraction of sp³-hybridized carbons (Fsp3) is 0.250. The average molecular weight is 486 g/mol.